The highest BCUT2D eigenvalue weighted by Crippen LogP contribution is 2.30. The Labute approximate surface area is 222 Å². The number of amides is 2. The van der Waals surface area contributed by atoms with Crippen molar-refractivity contribution in [1.29, 1.82) is 0 Å². The maximum Gasteiger partial charge on any atom is 0.270 e. The molecule has 3 aromatic rings. The number of nitrogens with zero attached hydrogens (tertiary/aromatic N) is 3. The Morgan fingerprint density at radius 3 is 2.47 bits per heavy atom. The van der Waals surface area contributed by atoms with Gasteiger partial charge < -0.3 is 20.4 Å². The average molecular weight is 516 g/mol. The number of fused-ring (bicyclic) bond motifs is 1. The summed E-state index contributed by atoms with van der Waals surface area (Å²) in [4.78, 5) is 41.2. The van der Waals surface area contributed by atoms with E-state index in [0.717, 1.165) is 38.3 Å². The topological polar surface area (TPSA) is 108 Å². The second-order valence-corrected chi connectivity index (χ2v) is 9.22. The molecule has 1 heterocycles. The fourth-order valence-corrected chi connectivity index (χ4v) is 4.70. The van der Waals surface area contributed by atoms with Crippen LogP contribution < -0.4 is 15.5 Å². The van der Waals surface area contributed by atoms with Crippen LogP contribution >= 0.6 is 0 Å². The third-order valence-electron chi connectivity index (χ3n) is 6.90. The van der Waals surface area contributed by atoms with E-state index < -0.39 is 10.8 Å². The van der Waals surface area contributed by atoms with E-state index >= 15 is 0 Å². The highest BCUT2D eigenvalue weighted by atomic mass is 16.6. The fourth-order valence-electron chi connectivity index (χ4n) is 4.70. The van der Waals surface area contributed by atoms with Gasteiger partial charge in [0.1, 0.15) is 0 Å². The molecule has 0 aromatic heterocycles. The first-order valence-electron chi connectivity index (χ1n) is 12.9. The molecule has 9 nitrogen and oxygen atoms in total. The molecule has 0 atom stereocenters. The summed E-state index contributed by atoms with van der Waals surface area (Å²) in [5.74, 6) is -0.696. The zero-order chi connectivity index (χ0) is 27.1. The SMILES string of the molecule is CCN(CC)CCNC(=O)c1cc(NC(=O)c2cccc([N+](=O)[O-])c2)ccc1N1CCc2ccccc2C1. The molecule has 0 saturated heterocycles. The molecule has 0 saturated carbocycles. The summed E-state index contributed by atoms with van der Waals surface area (Å²) in [5, 5.41) is 16.9. The van der Waals surface area contributed by atoms with Crippen LogP contribution in [0.25, 0.3) is 0 Å². The van der Waals surface area contributed by atoms with E-state index in [1.54, 1.807) is 12.1 Å². The monoisotopic (exact) mass is 515 g/mol. The van der Waals surface area contributed by atoms with Crippen molar-refractivity contribution in [2.24, 2.45) is 0 Å². The molecular weight excluding hydrogens is 482 g/mol. The molecule has 0 bridgehead atoms. The quantitative estimate of drug-likeness (QED) is 0.305. The molecule has 2 amide bonds. The van der Waals surface area contributed by atoms with Gasteiger partial charge in [-0.05, 0) is 54.9 Å². The van der Waals surface area contributed by atoms with Crippen LogP contribution in [0.3, 0.4) is 0 Å². The number of nitro benzene ring substituents is 1. The second kappa shape index (κ2) is 12.3. The Morgan fingerprint density at radius 1 is 0.974 bits per heavy atom. The van der Waals surface area contributed by atoms with Crippen LogP contribution in [0.5, 0.6) is 0 Å². The lowest BCUT2D eigenvalue weighted by Crippen LogP contribution is -2.36. The summed E-state index contributed by atoms with van der Waals surface area (Å²) in [5.41, 5.74) is 4.27. The third kappa shape index (κ3) is 6.36. The highest BCUT2D eigenvalue weighted by Gasteiger charge is 2.22. The Balaban J connectivity index is 1.58. The summed E-state index contributed by atoms with van der Waals surface area (Å²) in [6.45, 7) is 8.71. The molecule has 198 valence electrons. The number of nitrogens with one attached hydrogen (secondary N) is 2. The van der Waals surface area contributed by atoms with Crippen LogP contribution in [-0.2, 0) is 13.0 Å². The average Bonchev–Trinajstić information content (AvgIpc) is 2.95. The fraction of sp³-hybridized carbons (Fsp3) is 0.310. The minimum Gasteiger partial charge on any atom is -0.366 e. The molecule has 4 rings (SSSR count). The number of nitro groups is 1. The van der Waals surface area contributed by atoms with Gasteiger partial charge in [0.2, 0.25) is 0 Å². The van der Waals surface area contributed by atoms with E-state index in [9.17, 15) is 19.7 Å². The number of carbonyl (C=O) groups is 2. The van der Waals surface area contributed by atoms with Crippen molar-refractivity contribution in [2.45, 2.75) is 26.8 Å². The van der Waals surface area contributed by atoms with E-state index in [4.69, 9.17) is 0 Å². The van der Waals surface area contributed by atoms with Gasteiger partial charge in [-0.2, -0.15) is 0 Å². The van der Waals surface area contributed by atoms with Gasteiger partial charge in [0.15, 0.2) is 0 Å². The summed E-state index contributed by atoms with van der Waals surface area (Å²) < 4.78 is 0. The third-order valence-corrected chi connectivity index (χ3v) is 6.90. The number of benzene rings is 3. The van der Waals surface area contributed by atoms with Crippen molar-refractivity contribution in [1.82, 2.24) is 10.2 Å². The molecule has 0 spiro atoms. The summed E-state index contributed by atoms with van der Waals surface area (Å²) >= 11 is 0. The number of hydrogen-bond acceptors (Lipinski definition) is 6. The van der Waals surface area contributed by atoms with Crippen molar-refractivity contribution in [3.63, 3.8) is 0 Å². The van der Waals surface area contributed by atoms with E-state index in [2.05, 4.69) is 46.4 Å². The molecule has 2 N–H and O–H groups in total. The van der Waals surface area contributed by atoms with Crippen molar-refractivity contribution < 1.29 is 14.5 Å². The van der Waals surface area contributed by atoms with Gasteiger partial charge >= 0.3 is 0 Å². The van der Waals surface area contributed by atoms with Crippen LogP contribution in [0.2, 0.25) is 0 Å². The first kappa shape index (κ1) is 26.8. The van der Waals surface area contributed by atoms with Gasteiger partial charge in [-0.15, -0.1) is 0 Å². The van der Waals surface area contributed by atoms with Gasteiger partial charge in [0.25, 0.3) is 17.5 Å². The minimum atomic E-state index is -0.539. The normalized spacial score (nSPS) is 12.7. The summed E-state index contributed by atoms with van der Waals surface area (Å²) in [7, 11) is 0. The molecule has 38 heavy (non-hydrogen) atoms. The van der Waals surface area contributed by atoms with Crippen molar-refractivity contribution in [2.75, 3.05) is 42.9 Å². The Morgan fingerprint density at radius 2 is 1.74 bits per heavy atom. The molecule has 9 heteroatoms. The van der Waals surface area contributed by atoms with Crippen LogP contribution in [0.4, 0.5) is 17.1 Å². The van der Waals surface area contributed by atoms with Gasteiger partial charge in [0, 0.05) is 55.2 Å². The van der Waals surface area contributed by atoms with Crippen LogP contribution in [-0.4, -0.2) is 54.4 Å². The first-order valence-corrected chi connectivity index (χ1v) is 12.9. The molecule has 0 aliphatic carbocycles. The standard InChI is InChI=1S/C29H33N5O4/c1-3-32(4-2)17-15-30-29(36)26-19-24(31-28(35)22-10-7-11-25(18-22)34(37)38)12-13-27(26)33-16-14-21-8-5-6-9-23(21)20-33/h5-13,18-19H,3-4,14-17,20H2,1-2H3,(H,30,36)(H,31,35). The minimum absolute atomic E-state index is 0.161. The lowest BCUT2D eigenvalue weighted by Gasteiger charge is -2.32. The van der Waals surface area contributed by atoms with Crippen LogP contribution in [0, 0.1) is 10.1 Å². The van der Waals surface area contributed by atoms with Gasteiger partial charge in [-0.1, -0.05) is 44.2 Å². The van der Waals surface area contributed by atoms with Gasteiger partial charge in [0.05, 0.1) is 10.5 Å². The van der Waals surface area contributed by atoms with E-state index in [1.807, 2.05) is 18.2 Å². The van der Waals surface area contributed by atoms with Gasteiger partial charge in [-0.25, -0.2) is 0 Å². The zero-order valence-electron chi connectivity index (χ0n) is 21.8. The number of hydrogen-bond donors (Lipinski definition) is 2. The van der Waals surface area contributed by atoms with Crippen molar-refractivity contribution >= 4 is 28.9 Å². The van der Waals surface area contributed by atoms with E-state index in [1.165, 1.54) is 35.4 Å². The zero-order valence-corrected chi connectivity index (χ0v) is 21.8. The Bertz CT molecular complexity index is 1320. The number of anilines is 2. The van der Waals surface area contributed by atoms with E-state index in [0.29, 0.717) is 24.3 Å². The molecule has 0 fully saturated rings. The Hall–Kier alpha value is -4.24. The predicted octanol–water partition coefficient (Wildman–Crippen LogP) is 4.48. The van der Waals surface area contributed by atoms with Crippen molar-refractivity contribution in [3.8, 4) is 0 Å². The van der Waals surface area contributed by atoms with Crippen molar-refractivity contribution in [3.05, 3.63) is 99.1 Å². The second-order valence-electron chi connectivity index (χ2n) is 9.22. The van der Waals surface area contributed by atoms with Crippen LogP contribution in [0.15, 0.2) is 66.7 Å². The maximum absolute atomic E-state index is 13.4. The highest BCUT2D eigenvalue weighted by molar-refractivity contribution is 6.06. The summed E-state index contributed by atoms with van der Waals surface area (Å²) in [6, 6.07) is 19.2. The summed E-state index contributed by atoms with van der Waals surface area (Å²) in [6.07, 6.45) is 0.879. The first-order chi connectivity index (χ1) is 18.4. The smallest absolute Gasteiger partial charge is 0.270 e. The molecule has 1 aliphatic heterocycles. The number of carbonyl (C=O) groups excluding carboxylic acids is 2. The number of rotatable bonds is 10. The Kier molecular flexibility index (Phi) is 8.70. The lowest BCUT2D eigenvalue weighted by molar-refractivity contribution is -0.384. The molecular formula is C29H33N5O4. The van der Waals surface area contributed by atoms with E-state index in [-0.39, 0.29) is 17.2 Å². The molecule has 0 unspecified atom stereocenters. The molecule has 1 aliphatic rings. The lowest BCUT2D eigenvalue weighted by atomic mass is 9.98. The van der Waals surface area contributed by atoms with Crippen LogP contribution in [0.1, 0.15) is 45.7 Å². The maximum atomic E-state index is 13.4. The number of likely N-dealkylation sites (N-methyl/N-ethyl adjacent to an activating group) is 1. The molecule has 3 aromatic carbocycles. The largest absolute Gasteiger partial charge is 0.366 e. The van der Waals surface area contributed by atoms with Gasteiger partial charge in [-0.3, -0.25) is 19.7 Å². The molecule has 0 radical (unpaired) electrons. The number of non-ortho nitro benzene ring substituents is 1. The predicted molar refractivity (Wildman–Crippen MR) is 149 cm³/mol.